The Balaban J connectivity index is 1.68. The fourth-order valence-corrected chi connectivity index (χ4v) is 6.85. The van der Waals surface area contributed by atoms with Gasteiger partial charge in [-0.3, -0.25) is 4.79 Å². The van der Waals surface area contributed by atoms with Crippen molar-refractivity contribution >= 4 is 38.4 Å². The van der Waals surface area contributed by atoms with Crippen molar-refractivity contribution in [2.24, 2.45) is 0 Å². The van der Waals surface area contributed by atoms with Crippen LogP contribution in [0.25, 0.3) is 0 Å². The second-order valence-electron chi connectivity index (χ2n) is 5.98. The highest BCUT2D eigenvalue weighted by atomic mass is 32.2. The lowest BCUT2D eigenvalue weighted by molar-refractivity contribution is -0.124. The maximum absolute atomic E-state index is 12.9. The average Bonchev–Trinajstić information content (AvgIpc) is 3.30. The van der Waals surface area contributed by atoms with Gasteiger partial charge in [0.15, 0.2) is 9.84 Å². The molecule has 3 rings (SSSR count). The fourth-order valence-electron chi connectivity index (χ4n) is 2.86. The molecule has 0 aromatic carbocycles. The first-order valence-electron chi connectivity index (χ1n) is 8.26. The molecule has 1 amide bonds. The van der Waals surface area contributed by atoms with Crippen LogP contribution in [0.1, 0.15) is 35.8 Å². The van der Waals surface area contributed by atoms with Gasteiger partial charge in [0.1, 0.15) is 9.46 Å². The topological polar surface area (TPSA) is 72.5 Å². The average molecular weight is 400 g/mol. The summed E-state index contributed by atoms with van der Waals surface area (Å²) >= 11 is 2.59. The Labute approximate surface area is 155 Å². The summed E-state index contributed by atoms with van der Waals surface area (Å²) in [5, 5.41) is 5.64. The molecule has 1 aliphatic rings. The molecule has 0 spiro atoms. The standard InChI is InChI=1S/C17H21NO4S3/c19-16(11-13-5-1-2-8-22-13)18-12-15(14-6-3-9-23-14)25(20,21)17-7-4-10-24-17/h3-4,6-7,9-10,13,15H,1-2,5,8,11-12H2,(H,18,19). The van der Waals surface area contributed by atoms with Crippen LogP contribution < -0.4 is 5.32 Å². The van der Waals surface area contributed by atoms with Gasteiger partial charge in [0.05, 0.1) is 12.5 Å². The van der Waals surface area contributed by atoms with Crippen LogP contribution in [-0.2, 0) is 19.4 Å². The zero-order valence-corrected chi connectivity index (χ0v) is 16.2. The van der Waals surface area contributed by atoms with E-state index in [0.29, 0.717) is 10.8 Å². The van der Waals surface area contributed by atoms with Gasteiger partial charge in [0, 0.05) is 18.0 Å². The Morgan fingerprint density at radius 3 is 2.68 bits per heavy atom. The Morgan fingerprint density at radius 1 is 1.24 bits per heavy atom. The minimum Gasteiger partial charge on any atom is -0.378 e. The second kappa shape index (κ2) is 8.44. The summed E-state index contributed by atoms with van der Waals surface area (Å²) in [5.74, 6) is -0.158. The van der Waals surface area contributed by atoms with E-state index >= 15 is 0 Å². The summed E-state index contributed by atoms with van der Waals surface area (Å²) < 4.78 is 31.8. The second-order valence-corrected chi connectivity index (χ2v) is 10.3. The van der Waals surface area contributed by atoms with Crippen LogP contribution in [-0.4, -0.2) is 33.6 Å². The van der Waals surface area contributed by atoms with E-state index in [9.17, 15) is 13.2 Å². The van der Waals surface area contributed by atoms with Crippen molar-refractivity contribution in [1.82, 2.24) is 5.32 Å². The number of rotatable bonds is 7. The molecule has 3 heterocycles. The fraction of sp³-hybridized carbons (Fsp3) is 0.471. The van der Waals surface area contributed by atoms with Gasteiger partial charge in [-0.05, 0) is 42.2 Å². The summed E-state index contributed by atoms with van der Waals surface area (Å²) in [6.45, 7) is 0.773. The molecule has 1 saturated heterocycles. The Kier molecular flexibility index (Phi) is 6.27. The molecule has 2 aromatic heterocycles. The van der Waals surface area contributed by atoms with E-state index in [4.69, 9.17) is 4.74 Å². The first kappa shape index (κ1) is 18.6. The van der Waals surface area contributed by atoms with Crippen LogP contribution in [0.15, 0.2) is 39.2 Å². The molecule has 136 valence electrons. The minimum atomic E-state index is -3.53. The smallest absolute Gasteiger partial charge is 0.222 e. The molecule has 1 aliphatic heterocycles. The van der Waals surface area contributed by atoms with E-state index in [1.165, 1.54) is 22.7 Å². The zero-order valence-electron chi connectivity index (χ0n) is 13.7. The molecule has 5 nitrogen and oxygen atoms in total. The van der Waals surface area contributed by atoms with Crippen LogP contribution >= 0.6 is 22.7 Å². The van der Waals surface area contributed by atoms with Gasteiger partial charge in [0.25, 0.3) is 0 Å². The molecule has 2 unspecified atom stereocenters. The number of hydrogen-bond donors (Lipinski definition) is 1. The summed E-state index contributed by atoms with van der Waals surface area (Å²) in [6, 6.07) is 6.96. The van der Waals surface area contributed by atoms with Crippen LogP contribution in [0.3, 0.4) is 0 Å². The molecular weight excluding hydrogens is 378 g/mol. The number of sulfone groups is 1. The highest BCUT2D eigenvalue weighted by Crippen LogP contribution is 2.33. The van der Waals surface area contributed by atoms with Crippen molar-refractivity contribution in [3.05, 3.63) is 39.9 Å². The number of nitrogens with one attached hydrogen (secondary N) is 1. The van der Waals surface area contributed by atoms with Gasteiger partial charge in [-0.15, -0.1) is 22.7 Å². The largest absolute Gasteiger partial charge is 0.378 e. The van der Waals surface area contributed by atoms with E-state index in [0.717, 1.165) is 24.1 Å². The van der Waals surface area contributed by atoms with Crippen LogP contribution in [0, 0.1) is 0 Å². The molecule has 1 fully saturated rings. The van der Waals surface area contributed by atoms with Gasteiger partial charge >= 0.3 is 0 Å². The first-order chi connectivity index (χ1) is 12.1. The lowest BCUT2D eigenvalue weighted by Crippen LogP contribution is -2.34. The number of hydrogen-bond acceptors (Lipinski definition) is 6. The molecule has 0 bridgehead atoms. The van der Waals surface area contributed by atoms with E-state index < -0.39 is 15.1 Å². The molecule has 2 atom stereocenters. The van der Waals surface area contributed by atoms with Crippen LogP contribution in [0.5, 0.6) is 0 Å². The van der Waals surface area contributed by atoms with Crippen molar-refractivity contribution in [3.8, 4) is 0 Å². The van der Waals surface area contributed by atoms with Gasteiger partial charge < -0.3 is 10.1 Å². The lowest BCUT2D eigenvalue weighted by atomic mass is 10.1. The normalized spacial score (nSPS) is 19.4. The Morgan fingerprint density at radius 2 is 2.04 bits per heavy atom. The molecule has 0 radical (unpaired) electrons. The molecule has 25 heavy (non-hydrogen) atoms. The maximum atomic E-state index is 12.9. The molecule has 0 saturated carbocycles. The summed E-state index contributed by atoms with van der Waals surface area (Å²) in [5.41, 5.74) is 0. The minimum absolute atomic E-state index is 0.0529. The van der Waals surface area contributed by atoms with Gasteiger partial charge in [-0.25, -0.2) is 8.42 Å². The third-order valence-corrected chi connectivity index (χ3v) is 8.83. The SMILES string of the molecule is O=C(CC1CCCCO1)NCC(c1cccs1)S(=O)(=O)c1cccs1. The molecule has 2 aromatic rings. The predicted molar refractivity (Wildman–Crippen MR) is 99.8 cm³/mol. The van der Waals surface area contributed by atoms with Crippen LogP contribution in [0.2, 0.25) is 0 Å². The van der Waals surface area contributed by atoms with Crippen molar-refractivity contribution < 1.29 is 17.9 Å². The number of thiophene rings is 2. The van der Waals surface area contributed by atoms with Crippen molar-refractivity contribution in [2.45, 2.75) is 41.2 Å². The van der Waals surface area contributed by atoms with Crippen molar-refractivity contribution in [3.63, 3.8) is 0 Å². The summed E-state index contributed by atoms with van der Waals surface area (Å²) in [4.78, 5) is 13.0. The monoisotopic (exact) mass is 399 g/mol. The van der Waals surface area contributed by atoms with E-state index in [1.54, 1.807) is 23.6 Å². The number of amides is 1. The number of carbonyl (C=O) groups is 1. The third-order valence-electron chi connectivity index (χ3n) is 4.18. The summed E-state index contributed by atoms with van der Waals surface area (Å²) in [7, 11) is -3.53. The highest BCUT2D eigenvalue weighted by molar-refractivity contribution is 7.93. The Hall–Kier alpha value is -1.22. The molecule has 0 aliphatic carbocycles. The van der Waals surface area contributed by atoms with E-state index in [2.05, 4.69) is 5.32 Å². The van der Waals surface area contributed by atoms with E-state index in [1.807, 2.05) is 11.4 Å². The third kappa shape index (κ3) is 4.69. The molecule has 8 heteroatoms. The maximum Gasteiger partial charge on any atom is 0.222 e. The highest BCUT2D eigenvalue weighted by Gasteiger charge is 2.31. The van der Waals surface area contributed by atoms with Crippen LogP contribution in [0.4, 0.5) is 0 Å². The first-order valence-corrected chi connectivity index (χ1v) is 11.6. The van der Waals surface area contributed by atoms with E-state index in [-0.39, 0.29) is 25.0 Å². The predicted octanol–water partition coefficient (Wildman–Crippen LogP) is 3.40. The van der Waals surface area contributed by atoms with Crippen molar-refractivity contribution in [2.75, 3.05) is 13.2 Å². The van der Waals surface area contributed by atoms with Gasteiger partial charge in [-0.2, -0.15) is 0 Å². The Bertz CT molecular complexity index is 763. The molecular formula is C17H21NO4S3. The zero-order chi connectivity index (χ0) is 17.7. The summed E-state index contributed by atoms with van der Waals surface area (Å²) in [6.07, 6.45) is 3.23. The number of ether oxygens (including phenoxy) is 1. The number of carbonyl (C=O) groups excluding carboxylic acids is 1. The lowest BCUT2D eigenvalue weighted by Gasteiger charge is -2.22. The van der Waals surface area contributed by atoms with Crippen molar-refractivity contribution in [1.29, 1.82) is 0 Å². The quantitative estimate of drug-likeness (QED) is 0.774. The molecule has 1 N–H and O–H groups in total. The van der Waals surface area contributed by atoms with Gasteiger partial charge in [-0.1, -0.05) is 12.1 Å². The van der Waals surface area contributed by atoms with Gasteiger partial charge in [0.2, 0.25) is 5.91 Å².